The zero-order valence-electron chi connectivity index (χ0n) is 6.51. The summed E-state index contributed by atoms with van der Waals surface area (Å²) in [7, 11) is -1.88. The molecule has 1 aromatic rings. The summed E-state index contributed by atoms with van der Waals surface area (Å²) in [5.74, 6) is 1.46. The van der Waals surface area contributed by atoms with Gasteiger partial charge in [0, 0.05) is 11.5 Å². The molecule has 4 nitrogen and oxygen atoms in total. The Bertz CT molecular complexity index is 371. The van der Waals surface area contributed by atoms with Gasteiger partial charge >= 0.3 is 0 Å². The van der Waals surface area contributed by atoms with Gasteiger partial charge in [-0.2, -0.15) is 14.6 Å². The lowest BCUT2D eigenvalue weighted by Crippen LogP contribution is -2.22. The van der Waals surface area contributed by atoms with Gasteiger partial charge in [-0.05, 0) is 12.5 Å². The molecule has 0 bridgehead atoms. The average Bonchev–Trinajstić information content (AvgIpc) is 2.04. The second-order valence-corrected chi connectivity index (χ2v) is 5.27. The number of hydrogen-bond donors (Lipinski definition) is 0. The van der Waals surface area contributed by atoms with Crippen molar-refractivity contribution < 1.29 is 4.21 Å². The molecular weight excluding hydrogens is 174 g/mol. The predicted octanol–water partition coefficient (Wildman–Crippen LogP) is 0.980. The maximum atomic E-state index is 11.6. The standard InChI is InChI=1S/C7H9N3OS/c11-12(4-1-5-12)10-7-2-3-8-9-6-7/h2-3,6H,1,4-5H2. The molecule has 0 N–H and O–H groups in total. The quantitative estimate of drug-likeness (QED) is 0.652. The van der Waals surface area contributed by atoms with Crippen molar-refractivity contribution in [2.45, 2.75) is 6.42 Å². The van der Waals surface area contributed by atoms with Gasteiger partial charge < -0.3 is 0 Å². The minimum atomic E-state index is -1.88. The van der Waals surface area contributed by atoms with E-state index < -0.39 is 9.73 Å². The molecule has 1 fully saturated rings. The van der Waals surface area contributed by atoms with Crippen LogP contribution in [0.2, 0.25) is 0 Å². The number of rotatable bonds is 1. The van der Waals surface area contributed by atoms with Crippen molar-refractivity contribution >= 4 is 15.4 Å². The van der Waals surface area contributed by atoms with Crippen LogP contribution < -0.4 is 0 Å². The van der Waals surface area contributed by atoms with Crippen LogP contribution in [-0.4, -0.2) is 25.9 Å². The Hall–Kier alpha value is -0.970. The van der Waals surface area contributed by atoms with Crippen LogP contribution in [0.25, 0.3) is 0 Å². The second-order valence-electron chi connectivity index (χ2n) is 2.73. The Labute approximate surface area is 71.2 Å². The average molecular weight is 183 g/mol. The number of hydrogen-bond acceptors (Lipinski definition) is 4. The normalized spacial score (nSPS) is 19.7. The Kier molecular flexibility index (Phi) is 1.80. The molecule has 1 aromatic heterocycles. The van der Waals surface area contributed by atoms with Crippen LogP contribution in [0.5, 0.6) is 0 Å². The van der Waals surface area contributed by atoms with E-state index >= 15 is 0 Å². The topological polar surface area (TPSA) is 55.2 Å². The second kappa shape index (κ2) is 2.82. The van der Waals surface area contributed by atoms with Gasteiger partial charge in [-0.1, -0.05) is 0 Å². The van der Waals surface area contributed by atoms with E-state index in [4.69, 9.17) is 0 Å². The van der Waals surface area contributed by atoms with Crippen molar-refractivity contribution in [2.24, 2.45) is 4.36 Å². The largest absolute Gasteiger partial charge is 0.249 e. The van der Waals surface area contributed by atoms with E-state index in [1.165, 1.54) is 6.20 Å². The van der Waals surface area contributed by atoms with Gasteiger partial charge in [-0.25, -0.2) is 4.21 Å². The van der Waals surface area contributed by atoms with Gasteiger partial charge in [0.15, 0.2) is 0 Å². The van der Waals surface area contributed by atoms with Crippen LogP contribution in [-0.2, 0) is 9.73 Å². The van der Waals surface area contributed by atoms with E-state index in [0.29, 0.717) is 5.69 Å². The molecule has 2 heterocycles. The monoisotopic (exact) mass is 183 g/mol. The summed E-state index contributed by atoms with van der Waals surface area (Å²) >= 11 is 0. The van der Waals surface area contributed by atoms with E-state index in [-0.39, 0.29) is 0 Å². The predicted molar refractivity (Wildman–Crippen MR) is 46.6 cm³/mol. The molecule has 0 spiro atoms. The van der Waals surface area contributed by atoms with E-state index in [1.807, 2.05) is 0 Å². The van der Waals surface area contributed by atoms with Crippen LogP contribution in [0.4, 0.5) is 5.69 Å². The third-order valence-corrected chi connectivity index (χ3v) is 4.16. The molecular formula is C7H9N3OS. The summed E-state index contributed by atoms with van der Waals surface area (Å²) in [6.45, 7) is 0. The Morgan fingerprint density at radius 1 is 1.42 bits per heavy atom. The SMILES string of the molecule is O=S1(=Nc2ccnnc2)CCC1. The van der Waals surface area contributed by atoms with Crippen molar-refractivity contribution in [1.82, 2.24) is 10.2 Å². The molecule has 64 valence electrons. The molecule has 1 saturated heterocycles. The van der Waals surface area contributed by atoms with Gasteiger partial charge in [-0.15, -0.1) is 0 Å². The van der Waals surface area contributed by atoms with Crippen LogP contribution in [0, 0.1) is 0 Å². The minimum Gasteiger partial charge on any atom is -0.249 e. The van der Waals surface area contributed by atoms with Crippen molar-refractivity contribution in [2.75, 3.05) is 11.5 Å². The van der Waals surface area contributed by atoms with E-state index in [1.54, 1.807) is 12.3 Å². The Morgan fingerprint density at radius 2 is 2.25 bits per heavy atom. The molecule has 0 saturated carbocycles. The highest BCUT2D eigenvalue weighted by atomic mass is 32.2. The first-order valence-electron chi connectivity index (χ1n) is 3.78. The fourth-order valence-corrected chi connectivity index (χ4v) is 2.47. The van der Waals surface area contributed by atoms with Crippen LogP contribution >= 0.6 is 0 Å². The molecule has 2 rings (SSSR count). The van der Waals surface area contributed by atoms with Crippen LogP contribution in [0.1, 0.15) is 6.42 Å². The third-order valence-electron chi connectivity index (χ3n) is 1.77. The van der Waals surface area contributed by atoms with E-state index in [2.05, 4.69) is 14.6 Å². The molecule has 0 aromatic carbocycles. The highest BCUT2D eigenvalue weighted by molar-refractivity contribution is 7.95. The highest BCUT2D eigenvalue weighted by Crippen LogP contribution is 2.19. The summed E-state index contributed by atoms with van der Waals surface area (Å²) < 4.78 is 15.7. The summed E-state index contributed by atoms with van der Waals surface area (Å²) in [4.78, 5) is 0. The van der Waals surface area contributed by atoms with Gasteiger partial charge in [0.1, 0.15) is 0 Å². The smallest absolute Gasteiger partial charge is 0.0947 e. The molecule has 5 heteroatoms. The van der Waals surface area contributed by atoms with Crippen LogP contribution in [0.15, 0.2) is 22.8 Å². The van der Waals surface area contributed by atoms with Crippen molar-refractivity contribution in [3.8, 4) is 0 Å². The highest BCUT2D eigenvalue weighted by Gasteiger charge is 2.18. The lowest BCUT2D eigenvalue weighted by atomic mass is 10.5. The summed E-state index contributed by atoms with van der Waals surface area (Å²) in [5, 5.41) is 7.27. The minimum absolute atomic E-state index is 0.676. The van der Waals surface area contributed by atoms with Gasteiger partial charge in [0.05, 0.1) is 27.8 Å². The summed E-state index contributed by atoms with van der Waals surface area (Å²) in [6.07, 6.45) is 4.12. The molecule has 0 aliphatic carbocycles. The van der Waals surface area contributed by atoms with Crippen LogP contribution in [0.3, 0.4) is 0 Å². The van der Waals surface area contributed by atoms with E-state index in [9.17, 15) is 4.21 Å². The van der Waals surface area contributed by atoms with Crippen molar-refractivity contribution in [3.05, 3.63) is 18.5 Å². The number of aromatic nitrogens is 2. The third kappa shape index (κ3) is 1.45. The number of nitrogens with zero attached hydrogens (tertiary/aromatic N) is 3. The van der Waals surface area contributed by atoms with E-state index in [0.717, 1.165) is 17.9 Å². The summed E-state index contributed by atoms with van der Waals surface area (Å²) in [5.41, 5.74) is 0.676. The van der Waals surface area contributed by atoms with Gasteiger partial charge in [0.2, 0.25) is 0 Å². The first-order valence-corrected chi connectivity index (χ1v) is 5.63. The molecule has 1 aliphatic rings. The first-order chi connectivity index (χ1) is 5.79. The first kappa shape index (κ1) is 7.67. The zero-order valence-corrected chi connectivity index (χ0v) is 7.33. The molecule has 0 atom stereocenters. The maximum Gasteiger partial charge on any atom is 0.0947 e. The molecule has 12 heavy (non-hydrogen) atoms. The van der Waals surface area contributed by atoms with Crippen molar-refractivity contribution in [3.63, 3.8) is 0 Å². The lowest BCUT2D eigenvalue weighted by Gasteiger charge is -2.17. The molecule has 1 aliphatic heterocycles. The molecule has 0 unspecified atom stereocenters. The maximum absolute atomic E-state index is 11.6. The van der Waals surface area contributed by atoms with Gasteiger partial charge in [0.25, 0.3) is 0 Å². The summed E-state index contributed by atoms with van der Waals surface area (Å²) in [6, 6.07) is 1.72. The zero-order chi connectivity index (χ0) is 8.44. The molecule has 0 radical (unpaired) electrons. The fraction of sp³-hybridized carbons (Fsp3) is 0.429. The van der Waals surface area contributed by atoms with Gasteiger partial charge in [-0.3, -0.25) is 0 Å². The fourth-order valence-electron chi connectivity index (χ4n) is 1.01. The Balaban J connectivity index is 2.35. The lowest BCUT2D eigenvalue weighted by molar-refractivity contribution is 0.663. The molecule has 0 amide bonds. The van der Waals surface area contributed by atoms with Crippen molar-refractivity contribution in [1.29, 1.82) is 0 Å². The Morgan fingerprint density at radius 3 is 2.75 bits per heavy atom.